The molecule has 1 aliphatic heterocycles. The van der Waals surface area contributed by atoms with Gasteiger partial charge in [-0.1, -0.05) is 35.9 Å². The average molecular weight is 254 g/mol. The Morgan fingerprint density at radius 2 is 1.68 bits per heavy atom. The molecule has 19 heavy (non-hydrogen) atoms. The Morgan fingerprint density at radius 3 is 2.47 bits per heavy atom. The van der Waals surface area contributed by atoms with Gasteiger partial charge in [0.15, 0.2) is 0 Å². The highest BCUT2D eigenvalue weighted by molar-refractivity contribution is 5.83. The molecule has 2 nitrogen and oxygen atoms in total. The fourth-order valence-corrected chi connectivity index (χ4v) is 2.92. The van der Waals surface area contributed by atoms with Crippen LogP contribution >= 0.6 is 0 Å². The quantitative estimate of drug-likeness (QED) is 0.886. The molecule has 1 heterocycles. The van der Waals surface area contributed by atoms with E-state index in [0.717, 1.165) is 26.2 Å². The normalized spacial score (nSPS) is 18.6. The van der Waals surface area contributed by atoms with Crippen LogP contribution in [0.15, 0.2) is 36.4 Å². The third-order valence-electron chi connectivity index (χ3n) is 4.20. The molecule has 1 aliphatic rings. The van der Waals surface area contributed by atoms with Gasteiger partial charge < -0.3 is 5.32 Å². The summed E-state index contributed by atoms with van der Waals surface area (Å²) in [5.74, 6) is 0. The number of nitrogens with zero attached hydrogens (tertiary/aromatic N) is 1. The first-order chi connectivity index (χ1) is 9.24. The van der Waals surface area contributed by atoms with Crippen molar-refractivity contribution in [2.24, 2.45) is 0 Å². The molecule has 0 amide bonds. The first-order valence-electron chi connectivity index (χ1n) is 7.19. The summed E-state index contributed by atoms with van der Waals surface area (Å²) in [7, 11) is 0. The van der Waals surface area contributed by atoms with Gasteiger partial charge in [-0.15, -0.1) is 0 Å². The second kappa shape index (κ2) is 5.32. The van der Waals surface area contributed by atoms with Crippen molar-refractivity contribution in [1.82, 2.24) is 10.2 Å². The monoisotopic (exact) mass is 254 g/mol. The van der Waals surface area contributed by atoms with Gasteiger partial charge in [-0.2, -0.15) is 0 Å². The maximum absolute atomic E-state index is 3.42. The Labute approximate surface area is 115 Å². The highest BCUT2D eigenvalue weighted by Crippen LogP contribution is 2.25. The number of nitrogens with one attached hydrogen (secondary N) is 1. The van der Waals surface area contributed by atoms with Crippen LogP contribution in [0.25, 0.3) is 10.8 Å². The number of aryl methyl sites for hydroxylation is 1. The van der Waals surface area contributed by atoms with Crippen molar-refractivity contribution in [3.05, 3.63) is 47.5 Å². The predicted octanol–water partition coefficient (Wildman–Crippen LogP) is 3.11. The van der Waals surface area contributed by atoms with Gasteiger partial charge in [0, 0.05) is 32.2 Å². The Kier molecular flexibility index (Phi) is 3.54. The predicted molar refractivity (Wildman–Crippen MR) is 81.5 cm³/mol. The van der Waals surface area contributed by atoms with Crippen LogP contribution in [0.4, 0.5) is 0 Å². The highest BCUT2D eigenvalue weighted by Gasteiger charge is 2.17. The van der Waals surface area contributed by atoms with Gasteiger partial charge in [0.05, 0.1) is 0 Å². The minimum absolute atomic E-state index is 0.507. The van der Waals surface area contributed by atoms with E-state index in [4.69, 9.17) is 0 Å². The number of hydrogen-bond acceptors (Lipinski definition) is 2. The van der Waals surface area contributed by atoms with Gasteiger partial charge in [-0.3, -0.25) is 4.90 Å². The Bertz CT molecular complexity index is 570. The minimum atomic E-state index is 0.507. The molecule has 0 saturated carbocycles. The third kappa shape index (κ3) is 2.65. The second-order valence-corrected chi connectivity index (χ2v) is 5.57. The summed E-state index contributed by atoms with van der Waals surface area (Å²) in [5.41, 5.74) is 2.76. The standard InChI is InChI=1S/C17H22N2/c1-13-3-4-17-12-15(5-6-16(17)11-13)14(2)19-9-7-18-8-10-19/h3-6,11-12,14,18H,7-10H2,1-2H3. The highest BCUT2D eigenvalue weighted by atomic mass is 15.2. The van der Waals surface area contributed by atoms with E-state index < -0.39 is 0 Å². The van der Waals surface area contributed by atoms with E-state index in [2.05, 4.69) is 60.5 Å². The van der Waals surface area contributed by atoms with Crippen molar-refractivity contribution in [1.29, 1.82) is 0 Å². The molecule has 0 radical (unpaired) electrons. The molecule has 0 aliphatic carbocycles. The fourth-order valence-electron chi connectivity index (χ4n) is 2.92. The molecule has 2 heteroatoms. The lowest BCUT2D eigenvalue weighted by atomic mass is 10.0. The van der Waals surface area contributed by atoms with Crippen molar-refractivity contribution in [2.75, 3.05) is 26.2 Å². The molecule has 1 atom stereocenters. The van der Waals surface area contributed by atoms with Gasteiger partial charge in [-0.25, -0.2) is 0 Å². The first kappa shape index (κ1) is 12.6. The molecule has 3 rings (SSSR count). The number of fused-ring (bicyclic) bond motifs is 1. The molecule has 1 fully saturated rings. The number of piperazine rings is 1. The molecule has 1 saturated heterocycles. The minimum Gasteiger partial charge on any atom is -0.314 e. The largest absolute Gasteiger partial charge is 0.314 e. The summed E-state index contributed by atoms with van der Waals surface area (Å²) < 4.78 is 0. The Morgan fingerprint density at radius 1 is 1.00 bits per heavy atom. The number of rotatable bonds is 2. The molecule has 100 valence electrons. The molecule has 0 aromatic heterocycles. The van der Waals surface area contributed by atoms with Crippen LogP contribution in [0.3, 0.4) is 0 Å². The molecule has 2 aromatic carbocycles. The molecule has 0 bridgehead atoms. The van der Waals surface area contributed by atoms with Crippen LogP contribution in [0, 0.1) is 6.92 Å². The van der Waals surface area contributed by atoms with E-state index in [1.807, 2.05) is 0 Å². The Hall–Kier alpha value is -1.38. The summed E-state index contributed by atoms with van der Waals surface area (Å²) in [6.07, 6.45) is 0. The van der Waals surface area contributed by atoms with Crippen molar-refractivity contribution in [3.63, 3.8) is 0 Å². The fraction of sp³-hybridized carbons (Fsp3) is 0.412. The third-order valence-corrected chi connectivity index (χ3v) is 4.20. The SMILES string of the molecule is Cc1ccc2cc(C(C)N3CCNCC3)ccc2c1. The van der Waals surface area contributed by atoms with Crippen LogP contribution in [-0.4, -0.2) is 31.1 Å². The lowest BCUT2D eigenvalue weighted by molar-refractivity contribution is 0.185. The van der Waals surface area contributed by atoms with E-state index in [1.165, 1.54) is 21.9 Å². The summed E-state index contributed by atoms with van der Waals surface area (Å²) >= 11 is 0. The van der Waals surface area contributed by atoms with Gasteiger partial charge >= 0.3 is 0 Å². The van der Waals surface area contributed by atoms with E-state index >= 15 is 0 Å². The van der Waals surface area contributed by atoms with Crippen LogP contribution < -0.4 is 5.32 Å². The summed E-state index contributed by atoms with van der Waals surface area (Å²) in [4.78, 5) is 2.56. The van der Waals surface area contributed by atoms with Gasteiger partial charge in [0.2, 0.25) is 0 Å². The molecule has 1 unspecified atom stereocenters. The van der Waals surface area contributed by atoms with E-state index in [0.29, 0.717) is 6.04 Å². The second-order valence-electron chi connectivity index (χ2n) is 5.57. The number of benzene rings is 2. The van der Waals surface area contributed by atoms with Crippen molar-refractivity contribution in [2.45, 2.75) is 19.9 Å². The lowest BCUT2D eigenvalue weighted by Crippen LogP contribution is -2.44. The summed E-state index contributed by atoms with van der Waals surface area (Å²) in [6, 6.07) is 14.1. The maximum Gasteiger partial charge on any atom is 0.0321 e. The topological polar surface area (TPSA) is 15.3 Å². The molecular formula is C17H22N2. The van der Waals surface area contributed by atoms with Gasteiger partial charge in [-0.05, 0) is 36.2 Å². The average Bonchev–Trinajstić information content (AvgIpc) is 2.47. The van der Waals surface area contributed by atoms with Crippen LogP contribution in [0.2, 0.25) is 0 Å². The van der Waals surface area contributed by atoms with E-state index in [9.17, 15) is 0 Å². The first-order valence-corrected chi connectivity index (χ1v) is 7.19. The zero-order valence-corrected chi connectivity index (χ0v) is 11.8. The number of hydrogen-bond donors (Lipinski definition) is 1. The summed E-state index contributed by atoms with van der Waals surface area (Å²) in [5, 5.41) is 6.11. The van der Waals surface area contributed by atoms with Crippen molar-refractivity contribution in [3.8, 4) is 0 Å². The smallest absolute Gasteiger partial charge is 0.0321 e. The summed E-state index contributed by atoms with van der Waals surface area (Å²) in [6.45, 7) is 8.98. The van der Waals surface area contributed by atoms with Crippen LogP contribution in [0.5, 0.6) is 0 Å². The van der Waals surface area contributed by atoms with Gasteiger partial charge in [0.25, 0.3) is 0 Å². The van der Waals surface area contributed by atoms with Crippen LogP contribution in [0.1, 0.15) is 24.1 Å². The molecule has 2 aromatic rings. The molecule has 1 N–H and O–H groups in total. The maximum atomic E-state index is 3.42. The zero-order valence-electron chi connectivity index (χ0n) is 11.8. The molecule has 0 spiro atoms. The molecular weight excluding hydrogens is 232 g/mol. The van der Waals surface area contributed by atoms with E-state index in [-0.39, 0.29) is 0 Å². The van der Waals surface area contributed by atoms with Crippen molar-refractivity contribution >= 4 is 10.8 Å². The lowest BCUT2D eigenvalue weighted by Gasteiger charge is -2.33. The van der Waals surface area contributed by atoms with E-state index in [1.54, 1.807) is 0 Å². The Balaban J connectivity index is 1.89. The zero-order chi connectivity index (χ0) is 13.2. The van der Waals surface area contributed by atoms with Gasteiger partial charge in [0.1, 0.15) is 0 Å². The van der Waals surface area contributed by atoms with Crippen molar-refractivity contribution < 1.29 is 0 Å². The van der Waals surface area contributed by atoms with Crippen LogP contribution in [-0.2, 0) is 0 Å².